The molecule has 0 aromatic rings. The van der Waals surface area contributed by atoms with Crippen LogP contribution in [-0.4, -0.2) is 13.9 Å². The monoisotopic (exact) mass is 241 g/mol. The number of hydrogen-bond donors (Lipinski definition) is 0. The Morgan fingerprint density at radius 3 is 1.75 bits per heavy atom. The fourth-order valence-corrected chi connectivity index (χ4v) is 3.29. The van der Waals surface area contributed by atoms with Gasteiger partial charge in [-0.25, -0.2) is 0 Å². The molecule has 0 radical (unpaired) electrons. The zero-order valence-electron chi connectivity index (χ0n) is 11.6. The van der Waals surface area contributed by atoms with Crippen LogP contribution in [0.5, 0.6) is 0 Å². The van der Waals surface area contributed by atoms with Crippen molar-refractivity contribution in [1.29, 1.82) is 5.26 Å². The second-order valence-corrected chi connectivity index (χ2v) is 9.96. The van der Waals surface area contributed by atoms with E-state index in [1.165, 1.54) is 0 Å². The molecule has 0 saturated heterocycles. The lowest BCUT2D eigenvalue weighted by molar-refractivity contribution is 0.0945. The van der Waals surface area contributed by atoms with E-state index >= 15 is 0 Å². The van der Waals surface area contributed by atoms with Crippen LogP contribution in [0.25, 0.3) is 0 Å². The van der Waals surface area contributed by atoms with E-state index in [-0.39, 0.29) is 0 Å². The molecule has 16 heavy (non-hydrogen) atoms. The molecular weight excluding hydrogens is 214 g/mol. The summed E-state index contributed by atoms with van der Waals surface area (Å²) in [5, 5.41) is 9.44. The molecule has 3 heteroatoms. The van der Waals surface area contributed by atoms with E-state index in [4.69, 9.17) is 4.43 Å². The van der Waals surface area contributed by atoms with Crippen molar-refractivity contribution >= 4 is 8.32 Å². The summed E-state index contributed by atoms with van der Waals surface area (Å²) in [7, 11) is -1.64. The highest BCUT2D eigenvalue weighted by Gasteiger charge is 2.34. The maximum atomic E-state index is 9.44. The standard InChI is InChI=1S/C13H27NOSi/c1-6-8-10-13(12-14,11-9-7-2)15-16(3,4)5/h6-11H2,1-5H3. The van der Waals surface area contributed by atoms with Crippen molar-refractivity contribution in [2.24, 2.45) is 0 Å². The Kier molecular flexibility index (Phi) is 6.94. The van der Waals surface area contributed by atoms with Crippen molar-refractivity contribution < 1.29 is 4.43 Å². The first-order valence-corrected chi connectivity index (χ1v) is 9.91. The topological polar surface area (TPSA) is 33.0 Å². The van der Waals surface area contributed by atoms with Crippen LogP contribution in [0.1, 0.15) is 52.4 Å². The van der Waals surface area contributed by atoms with Gasteiger partial charge >= 0.3 is 0 Å². The zero-order chi connectivity index (χ0) is 12.7. The van der Waals surface area contributed by atoms with Crippen LogP contribution >= 0.6 is 0 Å². The molecule has 0 rings (SSSR count). The Hall–Kier alpha value is -0.333. The van der Waals surface area contributed by atoms with Crippen molar-refractivity contribution in [3.8, 4) is 6.07 Å². The van der Waals surface area contributed by atoms with E-state index in [1.807, 2.05) is 0 Å². The molecule has 2 nitrogen and oxygen atoms in total. The van der Waals surface area contributed by atoms with Crippen molar-refractivity contribution in [1.82, 2.24) is 0 Å². The Bertz CT molecular complexity index is 219. The summed E-state index contributed by atoms with van der Waals surface area (Å²) < 4.78 is 6.16. The summed E-state index contributed by atoms with van der Waals surface area (Å²) in [6, 6.07) is 2.45. The molecule has 0 aliphatic rings. The Morgan fingerprint density at radius 1 is 1.06 bits per heavy atom. The van der Waals surface area contributed by atoms with Gasteiger partial charge in [-0.05, 0) is 45.3 Å². The second-order valence-electron chi connectivity index (χ2n) is 5.53. The predicted molar refractivity (Wildman–Crippen MR) is 71.8 cm³/mol. The van der Waals surface area contributed by atoms with Gasteiger partial charge in [0.15, 0.2) is 8.32 Å². The third kappa shape index (κ3) is 6.29. The lowest BCUT2D eigenvalue weighted by atomic mass is 9.92. The van der Waals surface area contributed by atoms with Crippen LogP contribution in [0.4, 0.5) is 0 Å². The largest absolute Gasteiger partial charge is 0.400 e. The summed E-state index contributed by atoms with van der Waals surface area (Å²) >= 11 is 0. The molecule has 0 aromatic carbocycles. The summed E-state index contributed by atoms with van der Waals surface area (Å²) in [6.07, 6.45) is 6.22. The number of rotatable bonds is 8. The van der Waals surface area contributed by atoms with Gasteiger partial charge in [0, 0.05) is 0 Å². The van der Waals surface area contributed by atoms with Crippen molar-refractivity contribution in [2.45, 2.75) is 77.6 Å². The fraction of sp³-hybridized carbons (Fsp3) is 0.923. The number of nitriles is 1. The zero-order valence-corrected chi connectivity index (χ0v) is 12.6. The lowest BCUT2D eigenvalue weighted by Crippen LogP contribution is -2.41. The smallest absolute Gasteiger partial charge is 0.185 e. The van der Waals surface area contributed by atoms with Gasteiger partial charge in [-0.15, -0.1) is 0 Å². The number of nitrogens with zero attached hydrogens (tertiary/aromatic N) is 1. The lowest BCUT2D eigenvalue weighted by Gasteiger charge is -2.33. The van der Waals surface area contributed by atoms with Crippen LogP contribution in [-0.2, 0) is 4.43 Å². The van der Waals surface area contributed by atoms with Crippen molar-refractivity contribution in [2.75, 3.05) is 0 Å². The summed E-state index contributed by atoms with van der Waals surface area (Å²) in [4.78, 5) is 0. The third-order valence-corrected chi connectivity index (χ3v) is 3.58. The number of hydrogen-bond acceptors (Lipinski definition) is 2. The molecule has 0 aliphatic heterocycles. The van der Waals surface area contributed by atoms with E-state index < -0.39 is 13.9 Å². The van der Waals surface area contributed by atoms with E-state index in [2.05, 4.69) is 39.6 Å². The summed E-state index contributed by atoms with van der Waals surface area (Å²) in [5.41, 5.74) is -0.503. The quantitative estimate of drug-likeness (QED) is 0.587. The van der Waals surface area contributed by atoms with Crippen LogP contribution < -0.4 is 0 Å². The van der Waals surface area contributed by atoms with Gasteiger partial charge in [0.25, 0.3) is 0 Å². The van der Waals surface area contributed by atoms with E-state index in [0.29, 0.717) is 0 Å². The van der Waals surface area contributed by atoms with Crippen LogP contribution in [0, 0.1) is 11.3 Å². The molecule has 0 spiro atoms. The Labute approximate surface area is 102 Å². The SMILES string of the molecule is CCCCC(C#N)(CCCC)O[Si](C)(C)C. The van der Waals surface area contributed by atoms with Crippen LogP contribution in [0.15, 0.2) is 0 Å². The second kappa shape index (κ2) is 7.08. The van der Waals surface area contributed by atoms with Crippen molar-refractivity contribution in [3.63, 3.8) is 0 Å². The van der Waals surface area contributed by atoms with Crippen molar-refractivity contribution in [3.05, 3.63) is 0 Å². The summed E-state index contributed by atoms with van der Waals surface area (Å²) in [5.74, 6) is 0. The van der Waals surface area contributed by atoms with Crippen LogP contribution in [0.3, 0.4) is 0 Å². The van der Waals surface area contributed by atoms with E-state index in [9.17, 15) is 5.26 Å². The Balaban J connectivity index is 4.61. The molecule has 0 heterocycles. The maximum Gasteiger partial charge on any atom is 0.185 e. The maximum absolute atomic E-state index is 9.44. The van der Waals surface area contributed by atoms with E-state index in [0.717, 1.165) is 38.5 Å². The highest BCUT2D eigenvalue weighted by atomic mass is 28.4. The molecule has 0 aliphatic carbocycles. The fourth-order valence-electron chi connectivity index (χ4n) is 1.87. The molecule has 0 unspecified atom stereocenters. The third-order valence-electron chi connectivity index (χ3n) is 2.57. The minimum absolute atomic E-state index is 0.503. The molecule has 0 N–H and O–H groups in total. The van der Waals surface area contributed by atoms with Gasteiger partial charge in [-0.1, -0.05) is 26.7 Å². The highest BCUT2D eigenvalue weighted by Crippen LogP contribution is 2.29. The van der Waals surface area contributed by atoms with Gasteiger partial charge in [-0.2, -0.15) is 5.26 Å². The van der Waals surface area contributed by atoms with Crippen LogP contribution in [0.2, 0.25) is 19.6 Å². The highest BCUT2D eigenvalue weighted by molar-refractivity contribution is 6.69. The normalized spacial score (nSPS) is 12.5. The Morgan fingerprint density at radius 2 is 1.50 bits per heavy atom. The van der Waals surface area contributed by atoms with Gasteiger partial charge in [0.05, 0.1) is 6.07 Å². The average Bonchev–Trinajstić information content (AvgIpc) is 2.20. The first-order chi connectivity index (χ1) is 7.39. The minimum Gasteiger partial charge on any atom is -0.400 e. The predicted octanol–water partition coefficient (Wildman–Crippen LogP) is 4.48. The number of unbranched alkanes of at least 4 members (excludes halogenated alkanes) is 2. The summed E-state index contributed by atoms with van der Waals surface area (Å²) in [6.45, 7) is 10.8. The van der Waals surface area contributed by atoms with Gasteiger partial charge in [-0.3, -0.25) is 0 Å². The molecule has 94 valence electrons. The molecule has 0 atom stereocenters. The molecular formula is C13H27NOSi. The van der Waals surface area contributed by atoms with Gasteiger partial charge in [0.2, 0.25) is 0 Å². The first-order valence-electron chi connectivity index (χ1n) is 6.50. The molecule has 0 aromatic heterocycles. The molecule has 0 bridgehead atoms. The van der Waals surface area contributed by atoms with Gasteiger partial charge < -0.3 is 4.43 Å². The first kappa shape index (κ1) is 15.7. The molecule has 0 amide bonds. The van der Waals surface area contributed by atoms with E-state index in [1.54, 1.807) is 0 Å². The minimum atomic E-state index is -1.64. The molecule has 0 fully saturated rings. The average molecular weight is 241 g/mol. The molecule has 0 saturated carbocycles. The van der Waals surface area contributed by atoms with Gasteiger partial charge in [0.1, 0.15) is 5.60 Å².